The highest BCUT2D eigenvalue weighted by Crippen LogP contribution is 2.47. The van der Waals surface area contributed by atoms with Gasteiger partial charge in [0.15, 0.2) is 0 Å². The van der Waals surface area contributed by atoms with Crippen LogP contribution in [0.3, 0.4) is 0 Å². The van der Waals surface area contributed by atoms with Gasteiger partial charge in [-0.2, -0.15) is 4.31 Å². The number of sulfonamides is 1. The normalized spacial score (nSPS) is 22.5. The van der Waals surface area contributed by atoms with E-state index in [1.807, 2.05) is 31.2 Å². The second-order valence-electron chi connectivity index (χ2n) is 8.33. The summed E-state index contributed by atoms with van der Waals surface area (Å²) in [6.07, 6.45) is 6.48. The molecule has 1 saturated carbocycles. The Morgan fingerprint density at radius 1 is 1.10 bits per heavy atom. The molecule has 156 valence electrons. The molecule has 0 spiro atoms. The lowest BCUT2D eigenvalue weighted by Crippen LogP contribution is -2.54. The van der Waals surface area contributed by atoms with Crippen LogP contribution in [0.2, 0.25) is 0 Å². The summed E-state index contributed by atoms with van der Waals surface area (Å²) in [6, 6.07) is 11.1. The fourth-order valence-electron chi connectivity index (χ4n) is 4.22. The first-order valence-electron chi connectivity index (χ1n) is 10.3. The fourth-order valence-corrected chi connectivity index (χ4v) is 5.83. The molecule has 1 aliphatic carbocycles. The van der Waals surface area contributed by atoms with E-state index < -0.39 is 10.0 Å². The number of aliphatic hydroxyl groups excluding tert-OH is 1. The van der Waals surface area contributed by atoms with Crippen molar-refractivity contribution in [2.45, 2.75) is 42.5 Å². The summed E-state index contributed by atoms with van der Waals surface area (Å²) >= 11 is 0. The molecule has 1 saturated heterocycles. The van der Waals surface area contributed by atoms with Crippen molar-refractivity contribution in [2.24, 2.45) is 0 Å². The van der Waals surface area contributed by atoms with Crippen molar-refractivity contribution in [1.82, 2.24) is 14.2 Å². The van der Waals surface area contributed by atoms with Gasteiger partial charge in [-0.25, -0.2) is 8.42 Å². The molecule has 0 bridgehead atoms. The Hall–Kier alpha value is -1.80. The van der Waals surface area contributed by atoms with Crippen LogP contribution < -0.4 is 0 Å². The van der Waals surface area contributed by atoms with E-state index in [1.165, 1.54) is 5.56 Å². The van der Waals surface area contributed by atoms with E-state index >= 15 is 0 Å². The summed E-state index contributed by atoms with van der Waals surface area (Å²) in [5.74, 6) is 0. The number of aromatic nitrogens is 1. The van der Waals surface area contributed by atoms with Crippen molar-refractivity contribution >= 4 is 10.0 Å². The molecule has 2 fully saturated rings. The highest BCUT2D eigenvalue weighted by atomic mass is 32.2. The fraction of sp³-hybridized carbons (Fsp3) is 0.500. The lowest BCUT2D eigenvalue weighted by molar-refractivity contribution is 0.145. The van der Waals surface area contributed by atoms with E-state index in [-0.39, 0.29) is 18.1 Å². The van der Waals surface area contributed by atoms with Gasteiger partial charge in [-0.15, -0.1) is 0 Å². The van der Waals surface area contributed by atoms with Crippen LogP contribution in [-0.4, -0.2) is 66.5 Å². The van der Waals surface area contributed by atoms with E-state index in [4.69, 9.17) is 0 Å². The summed E-state index contributed by atoms with van der Waals surface area (Å²) in [5.41, 5.74) is 2.14. The molecule has 29 heavy (non-hydrogen) atoms. The summed E-state index contributed by atoms with van der Waals surface area (Å²) in [4.78, 5) is 6.72. The van der Waals surface area contributed by atoms with Crippen molar-refractivity contribution in [3.63, 3.8) is 0 Å². The van der Waals surface area contributed by atoms with Crippen LogP contribution in [0.5, 0.6) is 0 Å². The van der Waals surface area contributed by atoms with Crippen molar-refractivity contribution in [3.8, 4) is 0 Å². The van der Waals surface area contributed by atoms with Crippen molar-refractivity contribution < 1.29 is 13.5 Å². The quantitative estimate of drug-likeness (QED) is 0.749. The minimum Gasteiger partial charge on any atom is -0.395 e. The average molecular weight is 416 g/mol. The predicted molar refractivity (Wildman–Crippen MR) is 112 cm³/mol. The molecule has 6 nitrogen and oxygen atoms in total. The first-order valence-corrected chi connectivity index (χ1v) is 11.7. The second kappa shape index (κ2) is 8.14. The van der Waals surface area contributed by atoms with E-state index in [0.717, 1.165) is 44.5 Å². The van der Waals surface area contributed by atoms with Gasteiger partial charge in [-0.1, -0.05) is 12.1 Å². The third-order valence-electron chi connectivity index (χ3n) is 6.35. The van der Waals surface area contributed by atoms with Crippen LogP contribution >= 0.6 is 0 Å². The largest absolute Gasteiger partial charge is 0.395 e. The Bertz CT molecular complexity index is 928. The monoisotopic (exact) mass is 415 g/mol. The number of pyridine rings is 1. The maximum Gasteiger partial charge on any atom is 0.243 e. The standard InChI is InChI=1S/C22H29N3O3S/c1-18-16-24(13-8-19-6-11-23-12-7-19)14-15-25(18)29(27,28)21-4-2-20(3-5-21)22(17-26)9-10-22/h2-7,11-12,18,26H,8-10,13-17H2,1H3/t18-/m1/s1. The van der Waals surface area contributed by atoms with Gasteiger partial charge in [0.1, 0.15) is 0 Å². The Balaban J connectivity index is 1.39. The number of hydrogen-bond acceptors (Lipinski definition) is 5. The zero-order chi connectivity index (χ0) is 20.5. The van der Waals surface area contributed by atoms with Crippen LogP contribution in [0.4, 0.5) is 0 Å². The zero-order valence-corrected chi connectivity index (χ0v) is 17.7. The Kier molecular flexibility index (Phi) is 5.75. The first kappa shape index (κ1) is 20.5. The number of benzene rings is 1. The van der Waals surface area contributed by atoms with Gasteiger partial charge in [-0.3, -0.25) is 4.98 Å². The number of nitrogens with zero attached hydrogens (tertiary/aromatic N) is 3. The van der Waals surface area contributed by atoms with Gasteiger partial charge in [0.2, 0.25) is 10.0 Å². The Labute approximate surface area is 173 Å². The SMILES string of the molecule is C[C@@H]1CN(CCc2ccncc2)CCN1S(=O)(=O)c1ccc(C2(CO)CC2)cc1. The zero-order valence-electron chi connectivity index (χ0n) is 16.9. The lowest BCUT2D eigenvalue weighted by Gasteiger charge is -2.39. The van der Waals surface area contributed by atoms with Crippen LogP contribution in [0.15, 0.2) is 53.7 Å². The van der Waals surface area contributed by atoms with Gasteiger partial charge in [0, 0.05) is 50.0 Å². The first-order chi connectivity index (χ1) is 13.9. The maximum absolute atomic E-state index is 13.2. The van der Waals surface area contributed by atoms with E-state index in [2.05, 4.69) is 9.88 Å². The lowest BCUT2D eigenvalue weighted by atomic mass is 9.97. The van der Waals surface area contributed by atoms with Crippen LogP contribution in [0, 0.1) is 0 Å². The number of aliphatic hydroxyl groups is 1. The van der Waals surface area contributed by atoms with Gasteiger partial charge in [0.25, 0.3) is 0 Å². The molecule has 0 amide bonds. The van der Waals surface area contributed by atoms with Crippen molar-refractivity contribution in [1.29, 1.82) is 0 Å². The molecule has 1 atom stereocenters. The number of piperazine rings is 1. The molecule has 0 radical (unpaired) electrons. The third kappa shape index (κ3) is 4.23. The second-order valence-corrected chi connectivity index (χ2v) is 10.2. The van der Waals surface area contributed by atoms with Gasteiger partial charge < -0.3 is 10.0 Å². The van der Waals surface area contributed by atoms with Gasteiger partial charge in [0.05, 0.1) is 11.5 Å². The van der Waals surface area contributed by atoms with Crippen molar-refractivity contribution in [2.75, 3.05) is 32.8 Å². The average Bonchev–Trinajstić information content (AvgIpc) is 3.54. The smallest absolute Gasteiger partial charge is 0.243 e. The van der Waals surface area contributed by atoms with Gasteiger partial charge in [-0.05, 0) is 61.6 Å². The van der Waals surface area contributed by atoms with E-state index in [1.54, 1.807) is 28.8 Å². The molecule has 2 aliphatic rings. The van der Waals surface area contributed by atoms with Crippen LogP contribution in [0.1, 0.15) is 30.9 Å². The topological polar surface area (TPSA) is 73.7 Å². The highest BCUT2D eigenvalue weighted by Gasteiger charge is 2.43. The molecular weight excluding hydrogens is 386 g/mol. The molecule has 2 aromatic rings. The molecule has 0 unspecified atom stereocenters. The molecule has 1 aromatic carbocycles. The molecular formula is C22H29N3O3S. The number of hydrogen-bond donors (Lipinski definition) is 1. The number of rotatable bonds is 7. The summed E-state index contributed by atoms with van der Waals surface area (Å²) < 4.78 is 28.0. The predicted octanol–water partition coefficient (Wildman–Crippen LogP) is 2.04. The molecule has 1 N–H and O–H groups in total. The Morgan fingerprint density at radius 2 is 1.79 bits per heavy atom. The minimum absolute atomic E-state index is 0.0712. The Morgan fingerprint density at radius 3 is 2.38 bits per heavy atom. The summed E-state index contributed by atoms with van der Waals surface area (Å²) in [5, 5.41) is 9.58. The van der Waals surface area contributed by atoms with Crippen LogP contribution in [0.25, 0.3) is 0 Å². The van der Waals surface area contributed by atoms with Crippen molar-refractivity contribution in [3.05, 3.63) is 59.9 Å². The van der Waals surface area contributed by atoms with Crippen LogP contribution in [-0.2, 0) is 21.9 Å². The highest BCUT2D eigenvalue weighted by molar-refractivity contribution is 7.89. The molecule has 2 heterocycles. The van der Waals surface area contributed by atoms with E-state index in [9.17, 15) is 13.5 Å². The summed E-state index contributed by atoms with van der Waals surface area (Å²) in [6.45, 7) is 4.99. The molecule has 7 heteroatoms. The van der Waals surface area contributed by atoms with E-state index in [0.29, 0.717) is 11.4 Å². The maximum atomic E-state index is 13.2. The third-order valence-corrected chi connectivity index (χ3v) is 8.37. The van der Waals surface area contributed by atoms with Gasteiger partial charge >= 0.3 is 0 Å². The molecule has 1 aliphatic heterocycles. The minimum atomic E-state index is -3.51. The summed E-state index contributed by atoms with van der Waals surface area (Å²) in [7, 11) is -3.51. The molecule has 1 aromatic heterocycles. The molecule has 4 rings (SSSR count).